The molecule has 2 aromatic rings. The molecule has 4 N–H and O–H groups in total. The molecule has 0 aromatic heterocycles. The van der Waals surface area contributed by atoms with Crippen LogP contribution in [0.15, 0.2) is 34.8 Å². The van der Waals surface area contributed by atoms with Crippen molar-refractivity contribution in [1.82, 2.24) is 0 Å². The van der Waals surface area contributed by atoms with Gasteiger partial charge in [-0.2, -0.15) is 0 Å². The number of anilines is 2. The first kappa shape index (κ1) is 23.9. The van der Waals surface area contributed by atoms with Gasteiger partial charge in [0, 0.05) is 27.5 Å². The summed E-state index contributed by atoms with van der Waals surface area (Å²) < 4.78 is 15.6. The molecule has 0 aliphatic rings. The zero-order valence-electron chi connectivity index (χ0n) is 15.6. The second-order valence-electron chi connectivity index (χ2n) is 5.21. The first-order valence-electron chi connectivity index (χ1n) is 7.99. The third kappa shape index (κ3) is 7.14. The van der Waals surface area contributed by atoms with Crippen LogP contribution >= 0.6 is 39.1 Å². The molecule has 0 bridgehead atoms. The molecule has 0 spiro atoms. The fourth-order valence-electron chi connectivity index (χ4n) is 1.93. The van der Waals surface area contributed by atoms with Crippen LogP contribution in [0.1, 0.15) is 12.5 Å². The molecule has 0 aliphatic carbocycles. The molecule has 0 radical (unpaired) electrons. The van der Waals surface area contributed by atoms with Crippen molar-refractivity contribution in [3.63, 3.8) is 0 Å². The van der Waals surface area contributed by atoms with Gasteiger partial charge in [-0.1, -0.05) is 23.2 Å². The van der Waals surface area contributed by atoms with E-state index >= 15 is 0 Å². The van der Waals surface area contributed by atoms with Crippen LogP contribution < -0.4 is 20.9 Å². The molecule has 0 amide bonds. The summed E-state index contributed by atoms with van der Waals surface area (Å²) in [6, 6.07) is 6.61. The highest BCUT2D eigenvalue weighted by Crippen LogP contribution is 2.32. The van der Waals surface area contributed by atoms with Crippen molar-refractivity contribution in [3.05, 3.63) is 50.4 Å². The van der Waals surface area contributed by atoms with Crippen LogP contribution in [0, 0.1) is 0 Å². The topological polar surface area (TPSA) is 96.8 Å². The van der Waals surface area contributed by atoms with Crippen LogP contribution in [0.25, 0.3) is 6.08 Å². The number of nitrogens with two attached hydrogens (primary N) is 2. The SMILES string of the molecule is CCOC(=O)/C=C/c1cc(OC)c(Cl)cc1N.COc1cc(Br)c(N)cc1Cl. The number of carbonyl (C=O) groups excluding carboxylic acids is 1. The molecular weight excluding hydrogens is 471 g/mol. The van der Waals surface area contributed by atoms with Crippen molar-refractivity contribution >= 4 is 62.6 Å². The first-order chi connectivity index (χ1) is 13.2. The molecule has 0 heterocycles. The lowest BCUT2D eigenvalue weighted by Crippen LogP contribution is -1.99. The molecule has 6 nitrogen and oxygen atoms in total. The zero-order valence-corrected chi connectivity index (χ0v) is 18.7. The average molecular weight is 492 g/mol. The maximum Gasteiger partial charge on any atom is 0.330 e. The van der Waals surface area contributed by atoms with Crippen molar-refractivity contribution in [3.8, 4) is 11.5 Å². The van der Waals surface area contributed by atoms with E-state index < -0.39 is 5.97 Å². The van der Waals surface area contributed by atoms with E-state index in [0.29, 0.717) is 45.1 Å². The standard InChI is InChI=1S/C12H14ClNO3.C7H7BrClNO/c1-3-17-12(15)5-4-8-6-11(16-2)9(13)7-10(8)14;1-11-7-2-4(8)6(10)3-5(7)9/h4-7H,3,14H2,1-2H3;2-3H,10H2,1H3/b5-4+;. The smallest absolute Gasteiger partial charge is 0.330 e. The Hall–Kier alpha value is -2.09. The summed E-state index contributed by atoms with van der Waals surface area (Å²) in [5.74, 6) is 0.706. The first-order valence-corrected chi connectivity index (χ1v) is 9.54. The molecule has 28 heavy (non-hydrogen) atoms. The summed E-state index contributed by atoms with van der Waals surface area (Å²) in [4.78, 5) is 11.1. The minimum Gasteiger partial charge on any atom is -0.495 e. The number of benzene rings is 2. The van der Waals surface area contributed by atoms with E-state index in [1.54, 1.807) is 44.4 Å². The van der Waals surface area contributed by atoms with Gasteiger partial charge in [0.25, 0.3) is 0 Å². The van der Waals surface area contributed by atoms with Gasteiger partial charge in [0.2, 0.25) is 0 Å². The molecule has 0 aliphatic heterocycles. The Morgan fingerprint density at radius 1 is 1.04 bits per heavy atom. The number of carbonyl (C=O) groups is 1. The van der Waals surface area contributed by atoms with Gasteiger partial charge in [-0.15, -0.1) is 0 Å². The highest BCUT2D eigenvalue weighted by atomic mass is 79.9. The van der Waals surface area contributed by atoms with E-state index in [4.69, 9.17) is 48.9 Å². The second kappa shape index (κ2) is 11.7. The largest absolute Gasteiger partial charge is 0.495 e. The summed E-state index contributed by atoms with van der Waals surface area (Å²) in [5.41, 5.74) is 13.0. The molecule has 2 rings (SSSR count). The van der Waals surface area contributed by atoms with Crippen LogP contribution in [-0.4, -0.2) is 26.8 Å². The fraction of sp³-hybridized carbons (Fsp3) is 0.211. The summed E-state index contributed by atoms with van der Waals surface area (Å²) in [6.45, 7) is 2.08. The van der Waals surface area contributed by atoms with Crippen molar-refractivity contribution in [2.45, 2.75) is 6.92 Å². The van der Waals surface area contributed by atoms with Crippen LogP contribution in [-0.2, 0) is 9.53 Å². The van der Waals surface area contributed by atoms with E-state index in [2.05, 4.69) is 15.9 Å². The zero-order chi connectivity index (χ0) is 21.3. The predicted octanol–water partition coefficient (Wildman–Crippen LogP) is 5.20. The van der Waals surface area contributed by atoms with E-state index in [9.17, 15) is 4.79 Å². The summed E-state index contributed by atoms with van der Waals surface area (Å²) in [5, 5.41) is 0.950. The lowest BCUT2D eigenvalue weighted by molar-refractivity contribution is -0.137. The minimum atomic E-state index is -0.416. The maximum atomic E-state index is 11.1. The number of hydrogen-bond acceptors (Lipinski definition) is 6. The van der Waals surface area contributed by atoms with Gasteiger partial charge in [-0.25, -0.2) is 4.79 Å². The average Bonchev–Trinajstić information content (AvgIpc) is 2.65. The van der Waals surface area contributed by atoms with Crippen molar-refractivity contribution in [2.24, 2.45) is 0 Å². The molecule has 2 aromatic carbocycles. The van der Waals surface area contributed by atoms with Crippen molar-refractivity contribution in [2.75, 3.05) is 32.3 Å². The van der Waals surface area contributed by atoms with E-state index in [1.807, 2.05) is 0 Å². The molecule has 0 unspecified atom stereocenters. The van der Waals surface area contributed by atoms with E-state index in [1.165, 1.54) is 13.2 Å². The summed E-state index contributed by atoms with van der Waals surface area (Å²) in [7, 11) is 3.07. The van der Waals surface area contributed by atoms with Gasteiger partial charge in [0.1, 0.15) is 11.5 Å². The number of ether oxygens (including phenoxy) is 3. The highest BCUT2D eigenvalue weighted by Gasteiger charge is 2.05. The number of rotatable bonds is 5. The molecule has 0 saturated carbocycles. The monoisotopic (exact) mass is 490 g/mol. The van der Waals surface area contributed by atoms with Gasteiger partial charge in [0.15, 0.2) is 0 Å². The lowest BCUT2D eigenvalue weighted by atomic mass is 10.1. The van der Waals surface area contributed by atoms with Gasteiger partial charge in [-0.3, -0.25) is 0 Å². The van der Waals surface area contributed by atoms with Gasteiger partial charge in [0.05, 0.1) is 30.9 Å². The van der Waals surface area contributed by atoms with E-state index in [0.717, 1.165) is 4.47 Å². The van der Waals surface area contributed by atoms with Gasteiger partial charge < -0.3 is 25.7 Å². The Labute approximate surface area is 182 Å². The van der Waals surface area contributed by atoms with Gasteiger partial charge in [-0.05, 0) is 53.2 Å². The Morgan fingerprint density at radius 2 is 1.57 bits per heavy atom. The molecule has 0 atom stereocenters. The van der Waals surface area contributed by atoms with Crippen molar-refractivity contribution in [1.29, 1.82) is 0 Å². The quantitative estimate of drug-likeness (QED) is 0.339. The fourth-order valence-corrected chi connectivity index (χ4v) is 2.75. The molecule has 152 valence electrons. The predicted molar refractivity (Wildman–Crippen MR) is 118 cm³/mol. The lowest BCUT2D eigenvalue weighted by Gasteiger charge is -2.06. The molecule has 0 saturated heterocycles. The molecule has 9 heteroatoms. The molecule has 0 fully saturated rings. The third-order valence-corrected chi connectivity index (χ3v) is 4.59. The Kier molecular flexibility index (Phi) is 9.99. The number of halogens is 3. The number of nitrogen functional groups attached to an aromatic ring is 2. The second-order valence-corrected chi connectivity index (χ2v) is 6.88. The minimum absolute atomic E-state index is 0.336. The number of methoxy groups -OCH3 is 2. The van der Waals surface area contributed by atoms with Crippen LogP contribution in [0.2, 0.25) is 10.0 Å². The van der Waals surface area contributed by atoms with Crippen molar-refractivity contribution < 1.29 is 19.0 Å². The van der Waals surface area contributed by atoms with E-state index in [-0.39, 0.29) is 0 Å². The number of esters is 1. The Morgan fingerprint density at radius 3 is 2.11 bits per heavy atom. The van der Waals surface area contributed by atoms with Crippen LogP contribution in [0.3, 0.4) is 0 Å². The normalized spacial score (nSPS) is 10.2. The Balaban J connectivity index is 0.000000307. The number of hydrogen-bond donors (Lipinski definition) is 2. The van der Waals surface area contributed by atoms with Crippen LogP contribution in [0.4, 0.5) is 11.4 Å². The molecular formula is C19H21BrCl2N2O4. The van der Waals surface area contributed by atoms with Crippen LogP contribution in [0.5, 0.6) is 11.5 Å². The highest BCUT2D eigenvalue weighted by molar-refractivity contribution is 9.10. The maximum absolute atomic E-state index is 11.1. The summed E-state index contributed by atoms with van der Waals surface area (Å²) >= 11 is 14.9. The summed E-state index contributed by atoms with van der Waals surface area (Å²) in [6.07, 6.45) is 2.87. The third-order valence-electron chi connectivity index (χ3n) is 3.31. The van der Waals surface area contributed by atoms with Gasteiger partial charge >= 0.3 is 5.97 Å². The Bertz CT molecular complexity index is 860.